The van der Waals surface area contributed by atoms with Crippen LogP contribution in [0.15, 0.2) is 36.4 Å². The van der Waals surface area contributed by atoms with Gasteiger partial charge in [0.05, 0.1) is 23.8 Å². The Morgan fingerprint density at radius 2 is 1.71 bits per heavy atom. The Kier molecular flexibility index (Phi) is 7.29. The summed E-state index contributed by atoms with van der Waals surface area (Å²) >= 11 is 6.23. The molecule has 2 aromatic rings. The van der Waals surface area contributed by atoms with Gasteiger partial charge in [-0.05, 0) is 52.0 Å². The monoisotopic (exact) mass is 405 g/mol. The predicted octanol–water partition coefficient (Wildman–Crippen LogP) is 4.63. The van der Waals surface area contributed by atoms with Gasteiger partial charge in [-0.2, -0.15) is 0 Å². The second kappa shape index (κ2) is 9.46. The van der Waals surface area contributed by atoms with Crippen LogP contribution in [-0.2, 0) is 9.53 Å². The first-order chi connectivity index (χ1) is 13.2. The third kappa shape index (κ3) is 5.63. The highest BCUT2D eigenvalue weighted by Gasteiger charge is 2.22. The molecule has 0 radical (unpaired) electrons. The highest BCUT2D eigenvalue weighted by atomic mass is 35.5. The summed E-state index contributed by atoms with van der Waals surface area (Å²) in [5.74, 6) is -0.469. The number of hydrogen-bond donors (Lipinski definition) is 1. The Labute approximate surface area is 169 Å². The predicted molar refractivity (Wildman–Crippen MR) is 108 cm³/mol. The van der Waals surface area contributed by atoms with Gasteiger partial charge in [-0.3, -0.25) is 4.79 Å². The van der Waals surface area contributed by atoms with E-state index in [9.17, 15) is 9.59 Å². The quantitative estimate of drug-likeness (QED) is 0.680. The third-order valence-electron chi connectivity index (χ3n) is 3.79. The van der Waals surface area contributed by atoms with E-state index in [4.69, 9.17) is 25.8 Å². The van der Waals surface area contributed by atoms with Crippen LogP contribution in [0.4, 0.5) is 5.69 Å². The molecule has 0 aliphatic heterocycles. The number of hydrogen-bond acceptors (Lipinski definition) is 5. The maximum atomic E-state index is 12.5. The number of benzene rings is 2. The van der Waals surface area contributed by atoms with Gasteiger partial charge in [0.2, 0.25) is 0 Å². The highest BCUT2D eigenvalue weighted by Crippen LogP contribution is 2.37. The fourth-order valence-corrected chi connectivity index (χ4v) is 2.61. The van der Waals surface area contributed by atoms with E-state index < -0.39 is 18.0 Å². The molecular formula is C21H24ClNO5. The van der Waals surface area contributed by atoms with Crippen molar-refractivity contribution >= 4 is 29.2 Å². The molecule has 0 aliphatic rings. The van der Waals surface area contributed by atoms with E-state index in [0.29, 0.717) is 17.2 Å². The molecule has 6 nitrogen and oxygen atoms in total. The van der Waals surface area contributed by atoms with Crippen LogP contribution in [0.2, 0.25) is 5.02 Å². The van der Waals surface area contributed by atoms with E-state index in [2.05, 4.69) is 5.32 Å². The summed E-state index contributed by atoms with van der Waals surface area (Å²) < 4.78 is 16.1. The van der Waals surface area contributed by atoms with Crippen LogP contribution in [-0.4, -0.2) is 31.2 Å². The summed E-state index contributed by atoms with van der Waals surface area (Å²) in [6.07, 6.45) is -1.11. The molecule has 2 rings (SSSR count). The lowest BCUT2D eigenvalue weighted by Crippen LogP contribution is -2.30. The molecule has 2 aromatic carbocycles. The minimum absolute atomic E-state index is 0.116. The average molecular weight is 406 g/mol. The van der Waals surface area contributed by atoms with Gasteiger partial charge >= 0.3 is 5.97 Å². The second-order valence-electron chi connectivity index (χ2n) is 6.56. The first-order valence-corrected chi connectivity index (χ1v) is 9.21. The Morgan fingerprint density at radius 1 is 1.07 bits per heavy atom. The van der Waals surface area contributed by atoms with Crippen molar-refractivity contribution in [2.45, 2.75) is 39.9 Å². The van der Waals surface area contributed by atoms with Gasteiger partial charge in [-0.15, -0.1) is 0 Å². The molecule has 0 fully saturated rings. The summed E-state index contributed by atoms with van der Waals surface area (Å²) in [5.41, 5.74) is 1.86. The lowest BCUT2D eigenvalue weighted by molar-refractivity contribution is -0.123. The summed E-state index contributed by atoms with van der Waals surface area (Å²) in [5, 5.41) is 2.92. The largest absolute Gasteiger partial charge is 0.493 e. The Bertz CT molecular complexity index is 849. The van der Waals surface area contributed by atoms with Crippen molar-refractivity contribution in [3.8, 4) is 11.5 Å². The van der Waals surface area contributed by atoms with Crippen LogP contribution >= 0.6 is 11.6 Å². The number of halogens is 1. The molecule has 0 aromatic heterocycles. The summed E-state index contributed by atoms with van der Waals surface area (Å²) in [6, 6.07) is 10.2. The first-order valence-electron chi connectivity index (χ1n) is 8.84. The molecule has 28 heavy (non-hydrogen) atoms. The van der Waals surface area contributed by atoms with E-state index in [1.807, 2.05) is 32.9 Å². The Morgan fingerprint density at radius 3 is 2.29 bits per heavy atom. The van der Waals surface area contributed by atoms with E-state index in [1.54, 1.807) is 12.1 Å². The van der Waals surface area contributed by atoms with Crippen molar-refractivity contribution in [2.24, 2.45) is 0 Å². The molecule has 0 unspecified atom stereocenters. The fourth-order valence-electron chi connectivity index (χ4n) is 2.35. The van der Waals surface area contributed by atoms with Gasteiger partial charge in [0.15, 0.2) is 17.6 Å². The van der Waals surface area contributed by atoms with Crippen molar-refractivity contribution in [3.63, 3.8) is 0 Å². The third-order valence-corrected chi connectivity index (χ3v) is 4.07. The van der Waals surface area contributed by atoms with Gasteiger partial charge in [-0.25, -0.2) is 4.79 Å². The SMILES string of the molecule is COc1cc(C(=O)O[C@H](C)C(=O)Nc2ccc(C)cc2)cc(Cl)c1OC(C)C. The van der Waals surface area contributed by atoms with Crippen molar-refractivity contribution in [3.05, 3.63) is 52.5 Å². The van der Waals surface area contributed by atoms with Crippen LogP contribution in [0.25, 0.3) is 0 Å². The van der Waals surface area contributed by atoms with Gasteiger partial charge in [0, 0.05) is 5.69 Å². The number of carbonyl (C=O) groups excluding carboxylic acids is 2. The van der Waals surface area contributed by atoms with Crippen molar-refractivity contribution in [1.82, 2.24) is 0 Å². The van der Waals surface area contributed by atoms with Crippen LogP contribution in [0.5, 0.6) is 11.5 Å². The Hall–Kier alpha value is -2.73. The van der Waals surface area contributed by atoms with Crippen LogP contribution in [0.3, 0.4) is 0 Å². The number of carbonyl (C=O) groups is 2. The average Bonchev–Trinajstić information content (AvgIpc) is 2.64. The number of esters is 1. The van der Waals surface area contributed by atoms with Crippen molar-refractivity contribution < 1.29 is 23.8 Å². The van der Waals surface area contributed by atoms with Crippen LogP contribution in [0, 0.1) is 6.92 Å². The Balaban J connectivity index is 2.09. The lowest BCUT2D eigenvalue weighted by Gasteiger charge is -2.17. The number of ether oxygens (including phenoxy) is 3. The topological polar surface area (TPSA) is 73.9 Å². The minimum atomic E-state index is -0.995. The van der Waals surface area contributed by atoms with Gasteiger partial charge in [0.25, 0.3) is 5.91 Å². The maximum Gasteiger partial charge on any atom is 0.339 e. The fraction of sp³-hybridized carbons (Fsp3) is 0.333. The summed E-state index contributed by atoms with van der Waals surface area (Å²) in [4.78, 5) is 24.7. The smallest absolute Gasteiger partial charge is 0.339 e. The minimum Gasteiger partial charge on any atom is -0.493 e. The zero-order valence-corrected chi connectivity index (χ0v) is 17.3. The van der Waals surface area contributed by atoms with E-state index in [1.165, 1.54) is 26.2 Å². The van der Waals surface area contributed by atoms with Crippen molar-refractivity contribution in [1.29, 1.82) is 0 Å². The van der Waals surface area contributed by atoms with Crippen LogP contribution < -0.4 is 14.8 Å². The molecule has 1 atom stereocenters. The number of aryl methyl sites for hydroxylation is 1. The zero-order valence-electron chi connectivity index (χ0n) is 16.5. The van der Waals surface area contributed by atoms with E-state index >= 15 is 0 Å². The number of anilines is 1. The molecule has 1 amide bonds. The molecule has 0 heterocycles. The second-order valence-corrected chi connectivity index (χ2v) is 6.97. The molecule has 150 valence electrons. The standard InChI is InChI=1S/C21H24ClNO5/c1-12(2)27-19-17(22)10-15(11-18(19)26-5)21(25)28-14(4)20(24)23-16-8-6-13(3)7-9-16/h6-12,14H,1-5H3,(H,23,24)/t14-/m1/s1. The number of amides is 1. The summed E-state index contributed by atoms with van der Waals surface area (Å²) in [7, 11) is 1.45. The van der Waals surface area contributed by atoms with Crippen LogP contribution in [0.1, 0.15) is 36.7 Å². The maximum absolute atomic E-state index is 12.5. The zero-order chi connectivity index (χ0) is 20.8. The molecule has 0 spiro atoms. The van der Waals surface area contributed by atoms with Gasteiger partial charge in [-0.1, -0.05) is 29.3 Å². The molecule has 0 aliphatic carbocycles. The highest BCUT2D eigenvalue weighted by molar-refractivity contribution is 6.32. The van der Waals surface area contributed by atoms with Gasteiger partial charge in [0.1, 0.15) is 0 Å². The molecule has 0 bridgehead atoms. The lowest BCUT2D eigenvalue weighted by atomic mass is 10.2. The molecule has 0 saturated heterocycles. The summed E-state index contributed by atoms with van der Waals surface area (Å²) in [6.45, 7) is 7.15. The van der Waals surface area contributed by atoms with Gasteiger partial charge < -0.3 is 19.5 Å². The first kappa shape index (κ1) is 21.6. The van der Waals surface area contributed by atoms with E-state index in [0.717, 1.165) is 5.56 Å². The molecular weight excluding hydrogens is 382 g/mol. The van der Waals surface area contributed by atoms with E-state index in [-0.39, 0.29) is 16.7 Å². The normalized spacial score (nSPS) is 11.7. The van der Waals surface area contributed by atoms with Crippen molar-refractivity contribution in [2.75, 3.05) is 12.4 Å². The number of rotatable bonds is 7. The number of methoxy groups -OCH3 is 1. The number of nitrogens with one attached hydrogen (secondary N) is 1. The molecule has 0 saturated carbocycles. The molecule has 7 heteroatoms. The molecule has 1 N–H and O–H groups in total.